The average Bonchev–Trinajstić information content (AvgIpc) is 2.53. The minimum Gasteiger partial charge on any atom is -0.378 e. The number of carbonyl (C=O) groups is 3. The van der Waals surface area contributed by atoms with E-state index in [4.69, 9.17) is 10.5 Å². The first-order valence-electron chi connectivity index (χ1n) is 7.30. The number of likely N-dealkylation sites (tertiary alicyclic amines) is 1. The third kappa shape index (κ3) is 3.72. The molecule has 0 atom stereocenters. The zero-order valence-corrected chi connectivity index (χ0v) is 12.3. The fraction of sp³-hybridized carbons (Fsp3) is 0.714. The highest BCUT2D eigenvalue weighted by atomic mass is 16.5. The molecule has 1 radical (unpaired) electrons. The zero-order chi connectivity index (χ0) is 15.4. The van der Waals surface area contributed by atoms with Crippen LogP contribution in [0.3, 0.4) is 0 Å². The first-order chi connectivity index (χ1) is 10.0. The molecule has 2 N–H and O–H groups in total. The van der Waals surface area contributed by atoms with Gasteiger partial charge in [-0.3, -0.25) is 14.4 Å². The maximum atomic E-state index is 12.4. The summed E-state index contributed by atoms with van der Waals surface area (Å²) in [6.07, 6.45) is 1.27. The van der Waals surface area contributed by atoms with E-state index in [1.165, 1.54) is 6.92 Å². The summed E-state index contributed by atoms with van der Waals surface area (Å²) in [5.41, 5.74) is 5.12. The average molecular weight is 296 g/mol. The van der Waals surface area contributed by atoms with Crippen molar-refractivity contribution in [3.63, 3.8) is 0 Å². The Morgan fingerprint density at radius 2 is 1.57 bits per heavy atom. The first kappa shape index (κ1) is 15.8. The molecule has 7 heteroatoms. The third-order valence-corrected chi connectivity index (χ3v) is 4.14. The molecule has 117 valence electrons. The molecule has 0 aromatic carbocycles. The topological polar surface area (TPSA) is 92.9 Å². The van der Waals surface area contributed by atoms with Gasteiger partial charge in [-0.1, -0.05) is 0 Å². The van der Waals surface area contributed by atoms with Gasteiger partial charge in [-0.2, -0.15) is 0 Å². The molecule has 21 heavy (non-hydrogen) atoms. The highest BCUT2D eigenvalue weighted by Crippen LogP contribution is 2.21. The van der Waals surface area contributed by atoms with Gasteiger partial charge in [0.1, 0.15) is 5.92 Å². The summed E-state index contributed by atoms with van der Waals surface area (Å²) in [6, 6.07) is 0. The van der Waals surface area contributed by atoms with E-state index < -0.39 is 5.91 Å². The van der Waals surface area contributed by atoms with Crippen LogP contribution in [0.2, 0.25) is 0 Å². The minimum absolute atomic E-state index is 0.0407. The maximum absolute atomic E-state index is 12.4. The number of morpholine rings is 1. The van der Waals surface area contributed by atoms with E-state index >= 15 is 0 Å². The van der Waals surface area contributed by atoms with E-state index in [0.717, 1.165) is 0 Å². The normalized spacial score (nSPS) is 20.7. The van der Waals surface area contributed by atoms with Crippen molar-refractivity contribution < 1.29 is 19.1 Å². The van der Waals surface area contributed by atoms with Crippen molar-refractivity contribution in [2.45, 2.75) is 19.8 Å². The van der Waals surface area contributed by atoms with Gasteiger partial charge in [-0.05, 0) is 19.8 Å². The molecule has 2 rings (SSSR count). The number of hydrogen-bond donors (Lipinski definition) is 1. The minimum atomic E-state index is -0.688. The lowest BCUT2D eigenvalue weighted by atomic mass is 9.94. The van der Waals surface area contributed by atoms with Crippen molar-refractivity contribution in [2.24, 2.45) is 11.7 Å². The van der Waals surface area contributed by atoms with Crippen LogP contribution in [0, 0.1) is 11.8 Å². The van der Waals surface area contributed by atoms with E-state index in [1.54, 1.807) is 4.90 Å². The van der Waals surface area contributed by atoms with Crippen LogP contribution >= 0.6 is 0 Å². The van der Waals surface area contributed by atoms with Crippen LogP contribution in [-0.4, -0.2) is 66.9 Å². The van der Waals surface area contributed by atoms with E-state index in [9.17, 15) is 14.4 Å². The number of nitrogens with zero attached hydrogens (tertiary/aromatic N) is 2. The molecule has 0 aromatic heterocycles. The Morgan fingerprint density at radius 3 is 2.10 bits per heavy atom. The molecule has 0 saturated carbocycles. The van der Waals surface area contributed by atoms with Crippen LogP contribution in [0.5, 0.6) is 0 Å². The molecule has 3 amide bonds. The fourth-order valence-electron chi connectivity index (χ4n) is 2.71. The molecule has 0 spiro atoms. The second-order valence-electron chi connectivity index (χ2n) is 5.49. The molecular formula is C14H22N3O4. The van der Waals surface area contributed by atoms with Gasteiger partial charge in [0.05, 0.1) is 13.2 Å². The predicted molar refractivity (Wildman–Crippen MR) is 74.8 cm³/mol. The van der Waals surface area contributed by atoms with E-state index in [0.29, 0.717) is 52.2 Å². The summed E-state index contributed by atoms with van der Waals surface area (Å²) in [7, 11) is 0. The van der Waals surface area contributed by atoms with Crippen molar-refractivity contribution in [3.8, 4) is 0 Å². The van der Waals surface area contributed by atoms with Crippen molar-refractivity contribution in [3.05, 3.63) is 5.92 Å². The van der Waals surface area contributed by atoms with Crippen LogP contribution < -0.4 is 5.73 Å². The van der Waals surface area contributed by atoms with Gasteiger partial charge in [0.15, 0.2) is 0 Å². The highest BCUT2D eigenvalue weighted by Gasteiger charge is 2.33. The number of hydrogen-bond acceptors (Lipinski definition) is 4. The van der Waals surface area contributed by atoms with E-state index in [-0.39, 0.29) is 23.7 Å². The lowest BCUT2D eigenvalue weighted by molar-refractivity contribution is -0.143. The summed E-state index contributed by atoms with van der Waals surface area (Å²) in [6.45, 7) is 4.90. The number of rotatable bonds is 3. The van der Waals surface area contributed by atoms with Gasteiger partial charge in [-0.15, -0.1) is 0 Å². The molecule has 0 bridgehead atoms. The molecule has 2 aliphatic heterocycles. The molecule has 0 aliphatic carbocycles. The van der Waals surface area contributed by atoms with Gasteiger partial charge in [0.2, 0.25) is 17.7 Å². The Bertz CT molecular complexity index is 412. The number of carbonyl (C=O) groups excluding carboxylic acids is 3. The summed E-state index contributed by atoms with van der Waals surface area (Å²) in [4.78, 5) is 38.8. The number of nitrogens with two attached hydrogens (primary N) is 1. The molecule has 2 aliphatic rings. The number of amides is 3. The second-order valence-corrected chi connectivity index (χ2v) is 5.49. The molecule has 0 aromatic rings. The maximum Gasteiger partial charge on any atom is 0.239 e. The molecule has 0 unspecified atom stereocenters. The van der Waals surface area contributed by atoms with Crippen molar-refractivity contribution in [1.29, 1.82) is 0 Å². The second kappa shape index (κ2) is 6.89. The number of primary amides is 1. The van der Waals surface area contributed by atoms with E-state index in [1.807, 2.05) is 4.90 Å². The first-order valence-corrected chi connectivity index (χ1v) is 7.30. The van der Waals surface area contributed by atoms with Crippen molar-refractivity contribution in [2.75, 3.05) is 39.4 Å². The van der Waals surface area contributed by atoms with Gasteiger partial charge >= 0.3 is 0 Å². The Labute approximate surface area is 124 Å². The molecule has 2 heterocycles. The summed E-state index contributed by atoms with van der Waals surface area (Å²) in [5, 5.41) is 0. The molecular weight excluding hydrogens is 274 g/mol. The number of piperidine rings is 1. The standard InChI is InChI=1S/C14H22N3O4/c1-10(12(15)18)13(19)16-4-2-11(3-5-16)14(20)17-6-8-21-9-7-17/h11H,2-9H2,1H3,(H2,15,18). The summed E-state index contributed by atoms with van der Waals surface area (Å²) >= 11 is 0. The van der Waals surface area contributed by atoms with Crippen LogP contribution in [0.15, 0.2) is 0 Å². The lowest BCUT2D eigenvalue weighted by Crippen LogP contribution is -2.49. The van der Waals surface area contributed by atoms with Crippen LogP contribution in [0.25, 0.3) is 0 Å². The number of ether oxygens (including phenoxy) is 1. The predicted octanol–water partition coefficient (Wildman–Crippen LogP) is -0.837. The van der Waals surface area contributed by atoms with Crippen LogP contribution in [-0.2, 0) is 19.1 Å². The van der Waals surface area contributed by atoms with E-state index in [2.05, 4.69) is 0 Å². The zero-order valence-electron chi connectivity index (χ0n) is 12.3. The smallest absolute Gasteiger partial charge is 0.239 e. The lowest BCUT2D eigenvalue weighted by Gasteiger charge is -2.36. The van der Waals surface area contributed by atoms with Gasteiger partial charge < -0.3 is 20.3 Å². The Kier molecular flexibility index (Phi) is 5.17. The summed E-state index contributed by atoms with van der Waals surface area (Å²) < 4.78 is 5.24. The van der Waals surface area contributed by atoms with Crippen molar-refractivity contribution in [1.82, 2.24) is 9.80 Å². The Hall–Kier alpha value is -1.63. The largest absolute Gasteiger partial charge is 0.378 e. The quantitative estimate of drug-likeness (QED) is 0.688. The van der Waals surface area contributed by atoms with Crippen molar-refractivity contribution >= 4 is 17.7 Å². The Morgan fingerprint density at radius 1 is 1.00 bits per heavy atom. The van der Waals surface area contributed by atoms with Gasteiger partial charge in [0, 0.05) is 32.1 Å². The SMILES string of the molecule is C[C](C(N)=O)C(=O)N1CCC(C(=O)N2CCOCC2)CC1. The highest BCUT2D eigenvalue weighted by molar-refractivity contribution is 6.13. The Balaban J connectivity index is 1.83. The monoisotopic (exact) mass is 296 g/mol. The third-order valence-electron chi connectivity index (χ3n) is 4.14. The van der Waals surface area contributed by atoms with Gasteiger partial charge in [0.25, 0.3) is 0 Å². The molecule has 2 fully saturated rings. The molecule has 7 nitrogen and oxygen atoms in total. The van der Waals surface area contributed by atoms with Gasteiger partial charge in [-0.25, -0.2) is 0 Å². The van der Waals surface area contributed by atoms with Crippen LogP contribution in [0.4, 0.5) is 0 Å². The summed E-state index contributed by atoms with van der Waals surface area (Å²) in [5.74, 6) is -0.846. The van der Waals surface area contributed by atoms with Crippen LogP contribution in [0.1, 0.15) is 19.8 Å². The fourth-order valence-corrected chi connectivity index (χ4v) is 2.71. The molecule has 2 saturated heterocycles.